The number of fused-ring (bicyclic) bond motifs is 1. The van der Waals surface area contributed by atoms with E-state index in [1.54, 1.807) is 12.5 Å². The largest absolute Gasteiger partial charge is 0.464 e. The first-order valence-electron chi connectivity index (χ1n) is 5.72. The molecular weight excluding hydrogens is 226 g/mol. The Morgan fingerprint density at radius 3 is 2.83 bits per heavy atom. The summed E-state index contributed by atoms with van der Waals surface area (Å²) in [6.07, 6.45) is 3.46. The molecule has 4 nitrogen and oxygen atoms in total. The molecule has 2 aromatic heterocycles. The highest BCUT2D eigenvalue weighted by Crippen LogP contribution is 2.28. The van der Waals surface area contributed by atoms with Crippen LogP contribution in [0.15, 0.2) is 47.2 Å². The van der Waals surface area contributed by atoms with Gasteiger partial charge in [0.1, 0.15) is 5.58 Å². The molecule has 0 fully saturated rings. The molecule has 3 aromatic rings. The van der Waals surface area contributed by atoms with Gasteiger partial charge >= 0.3 is 0 Å². The predicted molar refractivity (Wildman–Crippen MR) is 71.6 cm³/mol. The summed E-state index contributed by atoms with van der Waals surface area (Å²) in [6, 6.07) is 9.88. The molecule has 18 heavy (non-hydrogen) atoms. The zero-order valence-electron chi connectivity index (χ0n) is 10.3. The van der Waals surface area contributed by atoms with Crippen LogP contribution < -0.4 is 4.90 Å². The lowest BCUT2D eigenvalue weighted by molar-refractivity contribution is 0.616. The smallest absolute Gasteiger partial charge is 0.225 e. The maximum absolute atomic E-state index is 5.53. The lowest BCUT2D eigenvalue weighted by Crippen LogP contribution is -2.12. The van der Waals surface area contributed by atoms with Crippen LogP contribution in [0.1, 0.15) is 0 Å². The van der Waals surface area contributed by atoms with E-state index in [2.05, 4.69) is 9.97 Å². The fourth-order valence-corrected chi connectivity index (χ4v) is 1.91. The molecule has 0 spiro atoms. The number of furan rings is 1. The van der Waals surface area contributed by atoms with E-state index < -0.39 is 0 Å². The van der Waals surface area contributed by atoms with Crippen LogP contribution in [-0.2, 0) is 0 Å². The molecule has 0 aliphatic heterocycles. The number of benzene rings is 1. The number of hydrogen-bond acceptors (Lipinski definition) is 4. The van der Waals surface area contributed by atoms with Gasteiger partial charge in [0.25, 0.3) is 0 Å². The van der Waals surface area contributed by atoms with Crippen LogP contribution in [0.2, 0.25) is 0 Å². The van der Waals surface area contributed by atoms with Gasteiger partial charge in [0, 0.05) is 31.2 Å². The SMILES string of the molecule is CN(C)c1nccc(-c2cccc3ccoc23)n1. The Hall–Kier alpha value is -2.36. The third-order valence-corrected chi connectivity index (χ3v) is 2.80. The minimum atomic E-state index is 0.691. The molecule has 0 saturated carbocycles. The quantitative estimate of drug-likeness (QED) is 0.689. The summed E-state index contributed by atoms with van der Waals surface area (Å²) in [7, 11) is 3.85. The van der Waals surface area contributed by atoms with Gasteiger partial charge < -0.3 is 9.32 Å². The normalized spacial score (nSPS) is 10.8. The molecule has 90 valence electrons. The van der Waals surface area contributed by atoms with E-state index in [0.717, 1.165) is 22.2 Å². The molecule has 0 saturated heterocycles. The molecule has 1 aromatic carbocycles. The second-order valence-electron chi connectivity index (χ2n) is 4.28. The maximum atomic E-state index is 5.53. The number of para-hydroxylation sites is 1. The number of hydrogen-bond donors (Lipinski definition) is 0. The van der Waals surface area contributed by atoms with Crippen molar-refractivity contribution in [2.24, 2.45) is 0 Å². The van der Waals surface area contributed by atoms with Crippen molar-refractivity contribution >= 4 is 16.9 Å². The first-order valence-corrected chi connectivity index (χ1v) is 5.72. The summed E-state index contributed by atoms with van der Waals surface area (Å²) in [4.78, 5) is 10.6. The van der Waals surface area contributed by atoms with Gasteiger partial charge in [-0.15, -0.1) is 0 Å². The minimum Gasteiger partial charge on any atom is -0.464 e. The van der Waals surface area contributed by atoms with Gasteiger partial charge in [0.15, 0.2) is 0 Å². The van der Waals surface area contributed by atoms with E-state index in [1.165, 1.54) is 0 Å². The monoisotopic (exact) mass is 239 g/mol. The topological polar surface area (TPSA) is 42.2 Å². The van der Waals surface area contributed by atoms with Crippen molar-refractivity contribution in [3.05, 3.63) is 42.8 Å². The molecule has 3 rings (SSSR count). The zero-order valence-corrected chi connectivity index (χ0v) is 10.3. The molecule has 2 heterocycles. The Morgan fingerprint density at radius 1 is 1.11 bits per heavy atom. The van der Waals surface area contributed by atoms with Gasteiger partial charge in [-0.3, -0.25) is 0 Å². The van der Waals surface area contributed by atoms with Crippen molar-refractivity contribution in [2.45, 2.75) is 0 Å². The maximum Gasteiger partial charge on any atom is 0.225 e. The minimum absolute atomic E-state index is 0.691. The number of rotatable bonds is 2. The van der Waals surface area contributed by atoms with Crippen LogP contribution in [0.4, 0.5) is 5.95 Å². The van der Waals surface area contributed by atoms with Crippen molar-refractivity contribution in [1.29, 1.82) is 0 Å². The molecule has 4 heteroatoms. The first-order chi connectivity index (χ1) is 8.75. The highest BCUT2D eigenvalue weighted by atomic mass is 16.3. The predicted octanol–water partition coefficient (Wildman–Crippen LogP) is 2.96. The van der Waals surface area contributed by atoms with E-state index in [-0.39, 0.29) is 0 Å². The third kappa shape index (κ3) is 1.72. The number of nitrogens with zero attached hydrogens (tertiary/aromatic N) is 3. The second kappa shape index (κ2) is 4.14. The van der Waals surface area contributed by atoms with Gasteiger partial charge in [0.05, 0.1) is 12.0 Å². The Labute approximate surface area is 105 Å². The zero-order chi connectivity index (χ0) is 12.5. The highest BCUT2D eigenvalue weighted by Gasteiger charge is 2.09. The van der Waals surface area contributed by atoms with Crippen molar-refractivity contribution in [2.75, 3.05) is 19.0 Å². The van der Waals surface area contributed by atoms with Gasteiger partial charge in [-0.2, -0.15) is 0 Å². The summed E-state index contributed by atoms with van der Waals surface area (Å²) in [5, 5.41) is 1.08. The molecular formula is C14H13N3O. The number of aromatic nitrogens is 2. The standard InChI is InChI=1S/C14H13N3O/c1-17(2)14-15-8-6-12(16-14)11-5-3-4-10-7-9-18-13(10)11/h3-9H,1-2H3. The van der Waals surface area contributed by atoms with Crippen LogP contribution in [0.25, 0.3) is 22.2 Å². The van der Waals surface area contributed by atoms with Crippen LogP contribution >= 0.6 is 0 Å². The fraction of sp³-hybridized carbons (Fsp3) is 0.143. The molecule has 0 unspecified atom stereocenters. The summed E-state index contributed by atoms with van der Waals surface area (Å²) >= 11 is 0. The average molecular weight is 239 g/mol. The van der Waals surface area contributed by atoms with Gasteiger partial charge in [-0.25, -0.2) is 9.97 Å². The lowest BCUT2D eigenvalue weighted by Gasteiger charge is -2.10. The van der Waals surface area contributed by atoms with Crippen molar-refractivity contribution < 1.29 is 4.42 Å². The van der Waals surface area contributed by atoms with Crippen LogP contribution in [0.5, 0.6) is 0 Å². The first kappa shape index (κ1) is 10.8. The molecule has 0 radical (unpaired) electrons. The van der Waals surface area contributed by atoms with Crippen molar-refractivity contribution in [3.63, 3.8) is 0 Å². The summed E-state index contributed by atoms with van der Waals surface area (Å²) in [5.74, 6) is 0.691. The Balaban J connectivity index is 2.20. The molecule has 0 amide bonds. The van der Waals surface area contributed by atoms with Gasteiger partial charge in [-0.1, -0.05) is 12.1 Å². The van der Waals surface area contributed by atoms with Gasteiger partial charge in [-0.05, 0) is 18.2 Å². The fourth-order valence-electron chi connectivity index (χ4n) is 1.91. The molecule has 0 aliphatic rings. The lowest BCUT2D eigenvalue weighted by atomic mass is 10.1. The molecule has 0 aliphatic carbocycles. The Bertz CT molecular complexity index is 688. The van der Waals surface area contributed by atoms with Crippen molar-refractivity contribution in [3.8, 4) is 11.3 Å². The Kier molecular flexibility index (Phi) is 2.48. The second-order valence-corrected chi connectivity index (χ2v) is 4.28. The van der Waals surface area contributed by atoms with E-state index in [0.29, 0.717) is 5.95 Å². The highest BCUT2D eigenvalue weighted by molar-refractivity contribution is 5.91. The van der Waals surface area contributed by atoms with E-state index >= 15 is 0 Å². The van der Waals surface area contributed by atoms with Gasteiger partial charge in [0.2, 0.25) is 5.95 Å². The van der Waals surface area contributed by atoms with Crippen molar-refractivity contribution in [1.82, 2.24) is 9.97 Å². The van der Waals surface area contributed by atoms with E-state index in [9.17, 15) is 0 Å². The Morgan fingerprint density at radius 2 is 2.00 bits per heavy atom. The third-order valence-electron chi connectivity index (χ3n) is 2.80. The molecule has 0 bridgehead atoms. The average Bonchev–Trinajstić information content (AvgIpc) is 2.87. The van der Waals surface area contributed by atoms with Crippen LogP contribution in [-0.4, -0.2) is 24.1 Å². The van der Waals surface area contributed by atoms with Crippen LogP contribution in [0.3, 0.4) is 0 Å². The number of anilines is 1. The molecule has 0 N–H and O–H groups in total. The summed E-state index contributed by atoms with van der Waals surface area (Å²) in [5.41, 5.74) is 2.72. The summed E-state index contributed by atoms with van der Waals surface area (Å²) < 4.78 is 5.53. The van der Waals surface area contributed by atoms with E-state index in [4.69, 9.17) is 4.42 Å². The summed E-state index contributed by atoms with van der Waals surface area (Å²) in [6.45, 7) is 0. The van der Waals surface area contributed by atoms with E-state index in [1.807, 2.05) is 49.3 Å². The van der Waals surface area contributed by atoms with Crippen LogP contribution in [0, 0.1) is 0 Å². The molecule has 0 atom stereocenters.